The Labute approximate surface area is 314 Å². The number of imide groups is 1. The van der Waals surface area contributed by atoms with E-state index in [4.69, 9.17) is 4.84 Å². The monoisotopic (exact) mass is 744 g/mol. The van der Waals surface area contributed by atoms with Crippen molar-refractivity contribution in [1.29, 1.82) is 0 Å². The average Bonchev–Trinajstić information content (AvgIpc) is 3.64. The molecule has 0 radical (unpaired) electrons. The summed E-state index contributed by atoms with van der Waals surface area (Å²) in [4.78, 5) is 44.2. The van der Waals surface area contributed by atoms with Crippen molar-refractivity contribution in [3.05, 3.63) is 132 Å². The SMILES string of the molecule is CC1(C)C(=CC=CC=CC=CC2=[N+](CS(=O)(=O)O)c3ccc4ccccc4c3C2(C)C)N(CCC(=O)ON2C(=O)CCC2=O)c2ccc3ccccc3c21. The van der Waals surface area contributed by atoms with Gasteiger partial charge in [-0.1, -0.05) is 98.8 Å². The number of hydroxylamine groups is 2. The highest BCUT2D eigenvalue weighted by atomic mass is 32.2. The van der Waals surface area contributed by atoms with Crippen molar-refractivity contribution in [2.75, 3.05) is 17.3 Å². The summed E-state index contributed by atoms with van der Waals surface area (Å²) in [7, 11) is -4.33. The number of amides is 2. The summed E-state index contributed by atoms with van der Waals surface area (Å²) < 4.78 is 35.8. The Morgan fingerprint density at radius 2 is 1.39 bits per heavy atom. The van der Waals surface area contributed by atoms with Gasteiger partial charge in [-0.15, -0.1) is 5.06 Å². The molecule has 7 rings (SSSR count). The molecule has 1 fully saturated rings. The van der Waals surface area contributed by atoms with Crippen LogP contribution in [0.4, 0.5) is 11.4 Å². The molecule has 4 aromatic rings. The van der Waals surface area contributed by atoms with Crippen LogP contribution in [0.5, 0.6) is 0 Å². The smallest absolute Gasteiger partial charge is 0.335 e. The maximum atomic E-state index is 12.9. The first kappa shape index (κ1) is 36.7. The Balaban J connectivity index is 1.15. The van der Waals surface area contributed by atoms with Crippen LogP contribution in [0, 0.1) is 0 Å². The van der Waals surface area contributed by atoms with Crippen LogP contribution < -0.4 is 4.90 Å². The van der Waals surface area contributed by atoms with E-state index in [2.05, 4.69) is 56.9 Å². The predicted molar refractivity (Wildman–Crippen MR) is 210 cm³/mol. The fourth-order valence-electron chi connectivity index (χ4n) is 8.11. The van der Waals surface area contributed by atoms with Gasteiger partial charge in [-0.3, -0.25) is 14.1 Å². The molecule has 1 N–H and O–H groups in total. The highest BCUT2D eigenvalue weighted by molar-refractivity contribution is 7.85. The summed E-state index contributed by atoms with van der Waals surface area (Å²) in [5.41, 5.74) is 4.58. The number of benzene rings is 4. The van der Waals surface area contributed by atoms with Gasteiger partial charge in [-0.2, -0.15) is 13.0 Å². The van der Waals surface area contributed by atoms with E-state index in [0.717, 1.165) is 55.5 Å². The molecule has 276 valence electrons. The van der Waals surface area contributed by atoms with Crippen LogP contribution in [0.1, 0.15) is 58.1 Å². The minimum atomic E-state index is -4.33. The minimum Gasteiger partial charge on any atom is -0.343 e. The van der Waals surface area contributed by atoms with Crippen molar-refractivity contribution in [3.8, 4) is 0 Å². The number of allylic oxidation sites excluding steroid dienone is 8. The normalized spacial score (nSPS) is 18.8. The van der Waals surface area contributed by atoms with Crippen molar-refractivity contribution in [1.82, 2.24) is 5.06 Å². The topological polar surface area (TPSA) is 124 Å². The van der Waals surface area contributed by atoms with Gasteiger partial charge >= 0.3 is 16.1 Å². The van der Waals surface area contributed by atoms with Crippen LogP contribution in [0.25, 0.3) is 21.5 Å². The summed E-state index contributed by atoms with van der Waals surface area (Å²) in [5, 5.41) is 4.88. The van der Waals surface area contributed by atoms with E-state index in [1.54, 1.807) is 4.58 Å². The van der Waals surface area contributed by atoms with Gasteiger partial charge in [0.1, 0.15) is 0 Å². The van der Waals surface area contributed by atoms with Crippen LogP contribution in [0.3, 0.4) is 0 Å². The summed E-state index contributed by atoms with van der Waals surface area (Å²) in [6, 6.07) is 24.2. The van der Waals surface area contributed by atoms with Crippen LogP contribution in [-0.2, 0) is 40.2 Å². The third kappa shape index (κ3) is 6.69. The lowest BCUT2D eigenvalue weighted by Gasteiger charge is -2.27. The number of hydrogen-bond acceptors (Lipinski definition) is 7. The molecule has 0 aromatic heterocycles. The quantitative estimate of drug-likeness (QED) is 0.0764. The first-order valence-corrected chi connectivity index (χ1v) is 19.5. The molecule has 1 saturated heterocycles. The van der Waals surface area contributed by atoms with Crippen LogP contribution in [-0.4, -0.2) is 58.5 Å². The molecule has 54 heavy (non-hydrogen) atoms. The molecule has 4 aromatic carbocycles. The molecular formula is C43H42N3O7S+. The van der Waals surface area contributed by atoms with Gasteiger partial charge in [0.05, 0.1) is 11.8 Å². The molecular weight excluding hydrogens is 703 g/mol. The first-order valence-electron chi connectivity index (χ1n) is 17.9. The number of carbonyl (C=O) groups excluding carboxylic acids is 3. The van der Waals surface area contributed by atoms with Crippen LogP contribution >= 0.6 is 0 Å². The number of carbonyl (C=O) groups is 3. The van der Waals surface area contributed by atoms with E-state index in [0.29, 0.717) is 5.06 Å². The lowest BCUT2D eigenvalue weighted by Crippen LogP contribution is -2.34. The van der Waals surface area contributed by atoms with E-state index in [1.807, 2.05) is 91.1 Å². The van der Waals surface area contributed by atoms with Crippen molar-refractivity contribution < 1.29 is 36.8 Å². The van der Waals surface area contributed by atoms with Gasteiger partial charge in [0, 0.05) is 53.9 Å². The first-order chi connectivity index (χ1) is 25.7. The Kier molecular flexibility index (Phi) is 9.49. The largest absolute Gasteiger partial charge is 0.343 e. The zero-order chi connectivity index (χ0) is 38.4. The van der Waals surface area contributed by atoms with Crippen LogP contribution in [0.15, 0.2) is 121 Å². The van der Waals surface area contributed by atoms with Crippen molar-refractivity contribution in [3.63, 3.8) is 0 Å². The molecule has 0 aliphatic carbocycles. The third-order valence-electron chi connectivity index (χ3n) is 10.5. The molecule has 3 aliphatic rings. The Bertz CT molecular complexity index is 2490. The number of fused-ring (bicyclic) bond motifs is 6. The van der Waals surface area contributed by atoms with Crippen molar-refractivity contribution >= 4 is 66.5 Å². The predicted octanol–water partition coefficient (Wildman–Crippen LogP) is 7.56. The summed E-state index contributed by atoms with van der Waals surface area (Å²) in [6.45, 7) is 8.68. The molecule has 10 nitrogen and oxygen atoms in total. The maximum Gasteiger partial charge on any atom is 0.335 e. The highest BCUT2D eigenvalue weighted by Crippen LogP contribution is 2.51. The van der Waals surface area contributed by atoms with Gasteiger partial charge in [-0.25, -0.2) is 4.79 Å². The molecule has 2 amide bonds. The number of rotatable bonds is 10. The molecule has 3 aliphatic heterocycles. The lowest BCUT2D eigenvalue weighted by molar-refractivity contribution is -0.415. The van der Waals surface area contributed by atoms with Gasteiger partial charge in [-0.05, 0) is 59.2 Å². The molecule has 0 atom stereocenters. The van der Waals surface area contributed by atoms with Gasteiger partial charge < -0.3 is 9.74 Å². The second kappa shape index (κ2) is 14.0. The Morgan fingerprint density at radius 3 is 2.06 bits per heavy atom. The highest BCUT2D eigenvalue weighted by Gasteiger charge is 2.47. The van der Waals surface area contributed by atoms with Gasteiger partial charge in [0.15, 0.2) is 5.71 Å². The van der Waals surface area contributed by atoms with Gasteiger partial charge in [0.2, 0.25) is 5.69 Å². The molecule has 3 heterocycles. The minimum absolute atomic E-state index is 0.0336. The number of anilines is 1. The van der Waals surface area contributed by atoms with E-state index in [-0.39, 0.29) is 25.8 Å². The Morgan fingerprint density at radius 1 is 0.796 bits per heavy atom. The molecule has 0 saturated carbocycles. The second-order valence-corrected chi connectivity index (χ2v) is 16.2. The fraction of sp³-hybridized carbons (Fsp3) is 0.256. The van der Waals surface area contributed by atoms with Gasteiger partial charge in [0.25, 0.3) is 17.7 Å². The molecule has 0 spiro atoms. The molecule has 0 bridgehead atoms. The molecule has 11 heteroatoms. The van der Waals surface area contributed by atoms with E-state index in [1.165, 1.54) is 0 Å². The maximum absolute atomic E-state index is 12.9. The van der Waals surface area contributed by atoms with Crippen LogP contribution in [0.2, 0.25) is 0 Å². The average molecular weight is 745 g/mol. The summed E-state index contributed by atoms with van der Waals surface area (Å²) in [6.07, 6.45) is 13.3. The lowest BCUT2D eigenvalue weighted by atomic mass is 9.79. The summed E-state index contributed by atoms with van der Waals surface area (Å²) in [5.74, 6) is -2.25. The van der Waals surface area contributed by atoms with E-state index < -0.39 is 44.6 Å². The van der Waals surface area contributed by atoms with E-state index >= 15 is 0 Å². The standard InChI is InChI=1S/C43H41N3O7S/c1-42(2)35(44(27-26-39(49)53-46-37(47)24-25-38(46)48)33-22-20-29-14-10-12-16-31(29)40(33)42)18-8-6-5-7-9-19-36-43(3,4)41-32-17-13-11-15-30(32)21-23-34(41)45(36)28-54(50,51)52/h5-23H,24-28H2,1-4H3/p+1. The Hall–Kier alpha value is -5.65. The zero-order valence-corrected chi connectivity index (χ0v) is 31.5. The molecule has 0 unspecified atom stereocenters. The number of nitrogens with zero attached hydrogens (tertiary/aromatic N) is 3. The van der Waals surface area contributed by atoms with E-state index in [9.17, 15) is 27.4 Å². The van der Waals surface area contributed by atoms with Crippen molar-refractivity contribution in [2.45, 2.75) is 57.8 Å². The number of hydrogen-bond donors (Lipinski definition) is 1. The summed E-state index contributed by atoms with van der Waals surface area (Å²) >= 11 is 0. The zero-order valence-electron chi connectivity index (χ0n) is 30.7. The second-order valence-electron chi connectivity index (χ2n) is 14.8. The van der Waals surface area contributed by atoms with Crippen molar-refractivity contribution in [2.24, 2.45) is 0 Å². The fourth-order valence-corrected chi connectivity index (χ4v) is 8.71. The third-order valence-corrected chi connectivity index (χ3v) is 11.1.